The van der Waals surface area contributed by atoms with E-state index in [-0.39, 0.29) is 17.5 Å². The van der Waals surface area contributed by atoms with Gasteiger partial charge in [-0.1, -0.05) is 6.07 Å². The van der Waals surface area contributed by atoms with Crippen LogP contribution in [0, 0.1) is 0 Å². The number of ether oxygens (including phenoxy) is 1. The van der Waals surface area contributed by atoms with Crippen molar-refractivity contribution in [2.24, 2.45) is 7.05 Å². The van der Waals surface area contributed by atoms with Crippen LogP contribution in [-0.2, 0) is 18.3 Å². The zero-order chi connectivity index (χ0) is 22.0. The van der Waals surface area contributed by atoms with Gasteiger partial charge >= 0.3 is 0 Å². The molecule has 1 aliphatic rings. The first-order chi connectivity index (χ1) is 15.0. The minimum absolute atomic E-state index is 0.00613. The Hall–Kier alpha value is -3.88. The maximum atomic E-state index is 12.5. The van der Waals surface area contributed by atoms with Crippen molar-refractivity contribution in [1.82, 2.24) is 19.7 Å². The number of amides is 2. The van der Waals surface area contributed by atoms with E-state index in [1.807, 2.05) is 18.2 Å². The Morgan fingerprint density at radius 3 is 3.00 bits per heavy atom. The molecule has 0 spiro atoms. The third-order valence-corrected chi connectivity index (χ3v) is 5.28. The second-order valence-electron chi connectivity index (χ2n) is 7.44. The number of hydrogen-bond acceptors (Lipinski definition) is 5. The minimum Gasteiger partial charge on any atom is -0.477 e. The summed E-state index contributed by atoms with van der Waals surface area (Å²) in [6.07, 6.45) is 4.93. The number of aromatic nitrogens is 3. The van der Waals surface area contributed by atoms with Crippen LogP contribution in [-0.4, -0.2) is 58.0 Å². The summed E-state index contributed by atoms with van der Waals surface area (Å²) in [4.78, 5) is 39.4. The van der Waals surface area contributed by atoms with Crippen LogP contribution >= 0.6 is 0 Å². The Labute approximate surface area is 179 Å². The molecule has 160 valence electrons. The van der Waals surface area contributed by atoms with Crippen molar-refractivity contribution in [1.29, 1.82) is 0 Å². The highest BCUT2D eigenvalue weighted by molar-refractivity contribution is 6.01. The highest BCUT2D eigenvalue weighted by Gasteiger charge is 2.20. The lowest BCUT2D eigenvalue weighted by atomic mass is 10.0. The molecule has 1 aromatic carbocycles. The van der Waals surface area contributed by atoms with Crippen molar-refractivity contribution in [2.45, 2.75) is 12.8 Å². The number of H-pyrrole nitrogens is 1. The second-order valence-corrected chi connectivity index (χ2v) is 7.44. The molecule has 0 atom stereocenters. The molecule has 0 bridgehead atoms. The van der Waals surface area contributed by atoms with Gasteiger partial charge in [0.05, 0.1) is 36.0 Å². The fraction of sp³-hybridized carbons (Fsp3) is 0.273. The lowest BCUT2D eigenvalue weighted by Gasteiger charge is -2.17. The number of hydrogen-bond donors (Lipinski definition) is 2. The van der Waals surface area contributed by atoms with E-state index in [9.17, 15) is 14.4 Å². The summed E-state index contributed by atoms with van der Waals surface area (Å²) in [6.45, 7) is 0.866. The molecule has 0 fully saturated rings. The number of aromatic amines is 1. The van der Waals surface area contributed by atoms with Gasteiger partial charge in [-0.15, -0.1) is 0 Å². The number of anilines is 1. The molecule has 1 aliphatic heterocycles. The first kappa shape index (κ1) is 20.4. The monoisotopic (exact) mass is 421 g/mol. The predicted molar refractivity (Wildman–Crippen MR) is 114 cm³/mol. The molecule has 3 heterocycles. The lowest BCUT2D eigenvalue weighted by molar-refractivity contribution is -0.115. The predicted octanol–water partition coefficient (Wildman–Crippen LogP) is 2.26. The smallest absolute Gasteiger partial charge is 0.255 e. The Morgan fingerprint density at radius 2 is 2.19 bits per heavy atom. The summed E-state index contributed by atoms with van der Waals surface area (Å²) in [5.41, 5.74) is 4.21. The van der Waals surface area contributed by atoms with Crippen molar-refractivity contribution >= 4 is 23.8 Å². The highest BCUT2D eigenvalue weighted by atomic mass is 16.5. The van der Waals surface area contributed by atoms with Crippen LogP contribution in [0.5, 0.6) is 5.88 Å². The van der Waals surface area contributed by atoms with Gasteiger partial charge in [-0.3, -0.25) is 14.4 Å². The minimum atomic E-state index is -0.217. The van der Waals surface area contributed by atoms with Crippen LogP contribution in [0.4, 0.5) is 5.69 Å². The van der Waals surface area contributed by atoms with Crippen molar-refractivity contribution in [3.05, 3.63) is 53.5 Å². The van der Waals surface area contributed by atoms with E-state index in [4.69, 9.17) is 4.74 Å². The third-order valence-electron chi connectivity index (χ3n) is 5.28. The number of aldehydes is 1. The standard InChI is InChI=1S/C22H23N5O4/c1-26(21(30)16-6-7-23-19(16)13-28)8-3-9-31-22-17(12-24-27(22)2)14-4-5-18-15(10-14)11-20(29)25-18/h4-7,10,12-13,23H,3,8-9,11H2,1-2H3,(H,25,29). The second kappa shape index (κ2) is 8.47. The van der Waals surface area contributed by atoms with Crippen LogP contribution in [0.3, 0.4) is 0 Å². The van der Waals surface area contributed by atoms with E-state index in [1.54, 1.807) is 42.1 Å². The van der Waals surface area contributed by atoms with Crippen LogP contribution in [0.1, 0.15) is 32.8 Å². The molecule has 31 heavy (non-hydrogen) atoms. The number of carbonyl (C=O) groups excluding carboxylic acids is 3. The van der Waals surface area contributed by atoms with Crippen LogP contribution in [0.25, 0.3) is 11.1 Å². The summed E-state index contributed by atoms with van der Waals surface area (Å²) >= 11 is 0. The summed E-state index contributed by atoms with van der Waals surface area (Å²) in [6, 6.07) is 7.40. The zero-order valence-electron chi connectivity index (χ0n) is 17.3. The molecule has 0 saturated heterocycles. The van der Waals surface area contributed by atoms with E-state index in [0.29, 0.717) is 43.7 Å². The number of rotatable bonds is 8. The number of nitrogens with zero attached hydrogens (tertiary/aromatic N) is 3. The van der Waals surface area contributed by atoms with E-state index in [1.165, 1.54) is 0 Å². The first-order valence-electron chi connectivity index (χ1n) is 9.94. The topological polar surface area (TPSA) is 109 Å². The van der Waals surface area contributed by atoms with Crippen LogP contribution in [0.2, 0.25) is 0 Å². The number of carbonyl (C=O) groups is 3. The van der Waals surface area contributed by atoms with Crippen molar-refractivity contribution < 1.29 is 19.1 Å². The van der Waals surface area contributed by atoms with Crippen molar-refractivity contribution in [2.75, 3.05) is 25.5 Å². The van der Waals surface area contributed by atoms with Gasteiger partial charge in [0.1, 0.15) is 0 Å². The SMILES string of the molecule is CN(CCCOc1c(-c2ccc3c(c2)CC(=O)N3)cnn1C)C(=O)c1cc[nH]c1C=O. The van der Waals surface area contributed by atoms with Gasteiger partial charge in [0.15, 0.2) is 6.29 Å². The van der Waals surface area contributed by atoms with E-state index >= 15 is 0 Å². The Kier molecular flexibility index (Phi) is 5.57. The maximum absolute atomic E-state index is 12.5. The Balaban J connectivity index is 1.37. The zero-order valence-corrected chi connectivity index (χ0v) is 17.3. The number of fused-ring (bicyclic) bond motifs is 1. The maximum Gasteiger partial charge on any atom is 0.255 e. The molecular weight excluding hydrogens is 398 g/mol. The fourth-order valence-corrected chi connectivity index (χ4v) is 3.64. The van der Waals surface area contributed by atoms with Gasteiger partial charge in [0, 0.05) is 32.5 Å². The van der Waals surface area contributed by atoms with Gasteiger partial charge in [-0.05, 0) is 35.7 Å². The van der Waals surface area contributed by atoms with Gasteiger partial charge in [-0.2, -0.15) is 5.10 Å². The molecule has 2 N–H and O–H groups in total. The average molecular weight is 421 g/mol. The molecule has 2 amide bonds. The largest absolute Gasteiger partial charge is 0.477 e. The molecule has 9 nitrogen and oxygen atoms in total. The van der Waals surface area contributed by atoms with Gasteiger partial charge in [-0.25, -0.2) is 4.68 Å². The molecule has 2 aromatic heterocycles. The van der Waals surface area contributed by atoms with Gasteiger partial charge in [0.2, 0.25) is 11.8 Å². The summed E-state index contributed by atoms with van der Waals surface area (Å²) in [5.74, 6) is 0.402. The van der Waals surface area contributed by atoms with Crippen molar-refractivity contribution in [3.63, 3.8) is 0 Å². The quantitative estimate of drug-likeness (QED) is 0.428. The molecule has 0 aliphatic carbocycles. The van der Waals surface area contributed by atoms with Gasteiger partial charge < -0.3 is 19.9 Å². The fourth-order valence-electron chi connectivity index (χ4n) is 3.64. The number of aryl methyl sites for hydroxylation is 1. The number of benzene rings is 1. The number of nitrogens with one attached hydrogen (secondary N) is 2. The van der Waals surface area contributed by atoms with Crippen LogP contribution in [0.15, 0.2) is 36.7 Å². The average Bonchev–Trinajstić information content (AvgIpc) is 3.47. The molecule has 9 heteroatoms. The summed E-state index contributed by atoms with van der Waals surface area (Å²) < 4.78 is 7.65. The molecule has 3 aromatic rings. The van der Waals surface area contributed by atoms with E-state index < -0.39 is 0 Å². The first-order valence-corrected chi connectivity index (χ1v) is 9.94. The molecular formula is C22H23N5O4. The normalized spacial score (nSPS) is 12.4. The highest BCUT2D eigenvalue weighted by Crippen LogP contribution is 2.33. The van der Waals surface area contributed by atoms with E-state index in [0.717, 1.165) is 22.4 Å². The lowest BCUT2D eigenvalue weighted by Crippen LogP contribution is -2.29. The Bertz CT molecular complexity index is 1150. The van der Waals surface area contributed by atoms with Crippen molar-refractivity contribution in [3.8, 4) is 17.0 Å². The van der Waals surface area contributed by atoms with E-state index in [2.05, 4.69) is 15.4 Å². The molecule has 0 unspecified atom stereocenters. The Morgan fingerprint density at radius 1 is 1.35 bits per heavy atom. The van der Waals surface area contributed by atoms with Gasteiger partial charge in [0.25, 0.3) is 5.91 Å². The third kappa shape index (κ3) is 4.07. The molecule has 0 saturated carbocycles. The summed E-state index contributed by atoms with van der Waals surface area (Å²) in [5, 5.41) is 7.13. The summed E-state index contributed by atoms with van der Waals surface area (Å²) in [7, 11) is 3.50. The molecule has 0 radical (unpaired) electrons. The molecule has 4 rings (SSSR count). The van der Waals surface area contributed by atoms with Crippen LogP contribution < -0.4 is 10.1 Å².